The van der Waals surface area contributed by atoms with Crippen LogP contribution < -0.4 is 14.8 Å². The maximum absolute atomic E-state index is 12.4. The quantitative estimate of drug-likeness (QED) is 0.282. The zero-order valence-electron chi connectivity index (χ0n) is 15.2. The van der Waals surface area contributed by atoms with Gasteiger partial charge in [-0.2, -0.15) is 0 Å². The lowest BCUT2D eigenvalue weighted by Gasteiger charge is -2.14. The first kappa shape index (κ1) is 22.8. The number of amides is 1. The lowest BCUT2D eigenvalue weighted by Crippen LogP contribution is -2.30. The minimum atomic E-state index is -3.98. The molecule has 0 heterocycles. The van der Waals surface area contributed by atoms with Crippen molar-refractivity contribution in [2.75, 3.05) is 5.32 Å². The number of rotatable bonds is 7. The monoisotopic (exact) mass is 461 g/mol. The maximum atomic E-state index is 12.4. The van der Waals surface area contributed by atoms with Gasteiger partial charge >= 0.3 is 0 Å². The number of benzene rings is 2. The molecule has 9 nitrogen and oxygen atoms in total. The molecule has 0 radical (unpaired) electrons. The fourth-order valence-electron chi connectivity index (χ4n) is 2.22. The third-order valence-corrected chi connectivity index (χ3v) is 5.52. The number of aromatic hydroxyl groups is 1. The largest absolute Gasteiger partial charge is 0.507 e. The average Bonchev–Trinajstić information content (AvgIpc) is 2.58. The molecule has 0 aromatic heterocycles. The van der Waals surface area contributed by atoms with Crippen LogP contribution in [-0.2, 0) is 14.8 Å². The number of oxime groups is 1. The van der Waals surface area contributed by atoms with Gasteiger partial charge in [0.05, 0.1) is 10.0 Å². The Bertz CT molecular complexity index is 1030. The third kappa shape index (κ3) is 5.97. The molecule has 0 aliphatic carbocycles. The van der Waals surface area contributed by atoms with Crippen LogP contribution in [0.3, 0.4) is 0 Å². The molecule has 0 fully saturated rings. The van der Waals surface area contributed by atoms with Gasteiger partial charge in [0.25, 0.3) is 5.91 Å². The summed E-state index contributed by atoms with van der Waals surface area (Å²) in [5.74, 6) is -1.10. The first-order valence-corrected chi connectivity index (χ1v) is 10.3. The van der Waals surface area contributed by atoms with E-state index in [-0.39, 0.29) is 38.2 Å². The van der Waals surface area contributed by atoms with Crippen molar-refractivity contribution in [1.29, 1.82) is 0 Å². The number of nitrogens with zero attached hydrogens (tertiary/aromatic N) is 1. The van der Waals surface area contributed by atoms with Crippen LogP contribution >= 0.6 is 23.2 Å². The number of sulfonamides is 1. The van der Waals surface area contributed by atoms with Crippen LogP contribution in [0, 0.1) is 0 Å². The summed E-state index contributed by atoms with van der Waals surface area (Å²) in [6.07, 6.45) is 0.649. The van der Waals surface area contributed by atoms with Gasteiger partial charge in [-0.3, -0.25) is 4.79 Å². The number of carbonyl (C=O) groups excluding carboxylic acids is 1. The molecule has 0 bridgehead atoms. The van der Waals surface area contributed by atoms with Crippen molar-refractivity contribution in [3.05, 3.63) is 40.4 Å². The molecule has 1 amide bonds. The van der Waals surface area contributed by atoms with Crippen molar-refractivity contribution < 1.29 is 28.3 Å². The summed E-state index contributed by atoms with van der Waals surface area (Å²) in [4.78, 5) is 11.1. The van der Waals surface area contributed by atoms with Crippen LogP contribution in [0.4, 0.5) is 5.69 Å². The summed E-state index contributed by atoms with van der Waals surface area (Å²) < 4.78 is 32.7. The molecule has 0 saturated heterocycles. The Morgan fingerprint density at radius 1 is 1.21 bits per heavy atom. The number of hydrogen-bond acceptors (Lipinski definition) is 7. The predicted octanol–water partition coefficient (Wildman–Crippen LogP) is 3.58. The number of halogens is 2. The molecule has 0 spiro atoms. The van der Waals surface area contributed by atoms with E-state index >= 15 is 0 Å². The fourth-order valence-corrected chi connectivity index (χ4v) is 4.15. The minimum absolute atomic E-state index is 0.00742. The van der Waals surface area contributed by atoms with E-state index in [1.165, 1.54) is 18.2 Å². The number of ether oxygens (including phenoxy) is 1. The van der Waals surface area contributed by atoms with Crippen molar-refractivity contribution in [3.63, 3.8) is 0 Å². The molecule has 4 N–H and O–H groups in total. The molecule has 29 heavy (non-hydrogen) atoms. The van der Waals surface area contributed by atoms with Gasteiger partial charge in [-0.05, 0) is 38.1 Å². The van der Waals surface area contributed by atoms with Crippen molar-refractivity contribution in [1.82, 2.24) is 4.72 Å². The highest BCUT2D eigenvalue weighted by Crippen LogP contribution is 2.40. The van der Waals surface area contributed by atoms with Crippen LogP contribution in [0.1, 0.15) is 13.8 Å². The summed E-state index contributed by atoms with van der Waals surface area (Å²) in [5, 5.41) is 23.3. The molecule has 0 saturated carbocycles. The normalized spacial score (nSPS) is 11.8. The summed E-state index contributed by atoms with van der Waals surface area (Å²) in [6.45, 7) is 3.28. The molecule has 2 rings (SSSR count). The number of nitrogens with one attached hydrogen (secondary N) is 2. The predicted molar refractivity (Wildman–Crippen MR) is 109 cm³/mol. The number of phenols is 1. The Hall–Kier alpha value is -2.53. The van der Waals surface area contributed by atoms with E-state index < -0.39 is 21.7 Å². The Morgan fingerprint density at radius 2 is 1.83 bits per heavy atom. The third-order valence-electron chi connectivity index (χ3n) is 3.27. The first-order valence-electron chi connectivity index (χ1n) is 8.04. The van der Waals surface area contributed by atoms with Crippen molar-refractivity contribution in [3.8, 4) is 17.2 Å². The topological polar surface area (TPSA) is 137 Å². The molecule has 0 unspecified atom stereocenters. The molecule has 0 aliphatic heterocycles. The fraction of sp³-hybridized carbons (Fsp3) is 0.176. The second kappa shape index (κ2) is 9.31. The van der Waals surface area contributed by atoms with Gasteiger partial charge in [-0.1, -0.05) is 28.4 Å². The van der Waals surface area contributed by atoms with E-state index in [0.29, 0.717) is 6.21 Å². The van der Waals surface area contributed by atoms with Gasteiger partial charge in [-0.15, -0.1) is 0 Å². The van der Waals surface area contributed by atoms with Gasteiger partial charge < -0.3 is 20.4 Å². The molecule has 0 aliphatic rings. The molecule has 2 aromatic carbocycles. The molecule has 0 atom stereocenters. The zero-order chi connectivity index (χ0) is 21.8. The van der Waals surface area contributed by atoms with Crippen LogP contribution in [0.2, 0.25) is 10.0 Å². The Labute approximate surface area is 176 Å². The molecular formula is C17H17Cl2N3O6S. The number of anilines is 1. The van der Waals surface area contributed by atoms with Crippen molar-refractivity contribution >= 4 is 51.0 Å². The van der Waals surface area contributed by atoms with Crippen LogP contribution in [0.15, 0.2) is 40.4 Å². The molecule has 2 aromatic rings. The van der Waals surface area contributed by atoms with Gasteiger partial charge in [0.1, 0.15) is 22.6 Å². The van der Waals surface area contributed by atoms with E-state index in [1.807, 2.05) is 0 Å². The number of hydrogen-bond donors (Lipinski definition) is 4. The summed E-state index contributed by atoms with van der Waals surface area (Å²) in [6, 6.07) is 5.92. The summed E-state index contributed by atoms with van der Waals surface area (Å²) >= 11 is 12.3. The van der Waals surface area contributed by atoms with E-state index in [1.54, 1.807) is 13.8 Å². The highest BCUT2D eigenvalue weighted by molar-refractivity contribution is 7.89. The molecule has 12 heteroatoms. The zero-order valence-corrected chi connectivity index (χ0v) is 17.5. The highest BCUT2D eigenvalue weighted by atomic mass is 35.5. The van der Waals surface area contributed by atoms with Gasteiger partial charge in [0, 0.05) is 17.8 Å². The average molecular weight is 462 g/mol. The first-order chi connectivity index (χ1) is 13.5. The Morgan fingerprint density at radius 3 is 2.38 bits per heavy atom. The lowest BCUT2D eigenvalue weighted by molar-refractivity contribution is -0.110. The minimum Gasteiger partial charge on any atom is -0.507 e. The number of carbonyl (C=O) groups is 1. The second-order valence-electron chi connectivity index (χ2n) is 6.01. The Balaban J connectivity index is 2.35. The van der Waals surface area contributed by atoms with Crippen LogP contribution in [0.5, 0.6) is 17.2 Å². The standard InChI is InChI=1S/C17H17Cl2N3O6S/c1-9(2)22-29(26,27)15-7-11(3-4-14(15)23)28-17-12(18)5-10(6-13(17)19)21-16(24)8-20-25/h3-9,22-23,25H,1-2H3,(H,21,24)/b20-8+. The summed E-state index contributed by atoms with van der Waals surface area (Å²) in [7, 11) is -3.98. The lowest BCUT2D eigenvalue weighted by atomic mass is 10.3. The second-order valence-corrected chi connectivity index (χ2v) is 8.51. The van der Waals surface area contributed by atoms with E-state index in [9.17, 15) is 18.3 Å². The van der Waals surface area contributed by atoms with Crippen molar-refractivity contribution in [2.24, 2.45) is 5.16 Å². The van der Waals surface area contributed by atoms with E-state index in [2.05, 4.69) is 15.2 Å². The molecular weight excluding hydrogens is 445 g/mol. The van der Waals surface area contributed by atoms with E-state index in [0.717, 1.165) is 12.1 Å². The highest BCUT2D eigenvalue weighted by Gasteiger charge is 2.21. The van der Waals surface area contributed by atoms with Gasteiger partial charge in [0.2, 0.25) is 10.0 Å². The SMILES string of the molecule is CC(C)NS(=O)(=O)c1cc(Oc2c(Cl)cc(NC(=O)/C=N/O)cc2Cl)ccc1O. The van der Waals surface area contributed by atoms with Crippen LogP contribution in [0.25, 0.3) is 0 Å². The Kier molecular flexibility index (Phi) is 7.31. The van der Waals surface area contributed by atoms with Crippen LogP contribution in [-0.4, -0.2) is 36.9 Å². The summed E-state index contributed by atoms with van der Waals surface area (Å²) in [5.41, 5.74) is 0.215. The maximum Gasteiger partial charge on any atom is 0.270 e. The number of phenolic OH excluding ortho intramolecular Hbond substituents is 1. The molecule has 156 valence electrons. The smallest absolute Gasteiger partial charge is 0.270 e. The van der Waals surface area contributed by atoms with Gasteiger partial charge in [0.15, 0.2) is 5.75 Å². The van der Waals surface area contributed by atoms with Crippen molar-refractivity contribution in [2.45, 2.75) is 24.8 Å². The van der Waals surface area contributed by atoms with Gasteiger partial charge in [-0.25, -0.2) is 13.1 Å². The van der Waals surface area contributed by atoms with E-state index in [4.69, 9.17) is 33.1 Å².